The number of piperazine rings is 1. The van der Waals surface area contributed by atoms with E-state index in [0.29, 0.717) is 17.4 Å². The fourth-order valence-corrected chi connectivity index (χ4v) is 3.97. The highest BCUT2D eigenvalue weighted by molar-refractivity contribution is 5.76. The molecule has 0 spiro atoms. The second-order valence-corrected chi connectivity index (χ2v) is 7.02. The number of nitrogens with one attached hydrogen (secondary N) is 1. The molecule has 1 N–H and O–H groups in total. The van der Waals surface area contributed by atoms with Gasteiger partial charge in [-0.1, -0.05) is 25.3 Å². The van der Waals surface area contributed by atoms with Gasteiger partial charge in [-0.25, -0.2) is 4.98 Å². The summed E-state index contributed by atoms with van der Waals surface area (Å²) in [7, 11) is 0. The predicted octanol–water partition coefficient (Wildman–Crippen LogP) is 1.75. The second-order valence-electron chi connectivity index (χ2n) is 7.02. The first kappa shape index (κ1) is 16.1. The van der Waals surface area contributed by atoms with Gasteiger partial charge in [-0.3, -0.25) is 9.59 Å². The third-order valence-corrected chi connectivity index (χ3v) is 5.41. The lowest BCUT2D eigenvalue weighted by atomic mass is 9.95. The van der Waals surface area contributed by atoms with Crippen LogP contribution >= 0.6 is 0 Å². The lowest BCUT2D eigenvalue weighted by molar-refractivity contribution is 0.462. The highest BCUT2D eigenvalue weighted by Crippen LogP contribution is 2.27. The molecular formula is C19H24N4O2. The Morgan fingerprint density at radius 1 is 0.920 bits per heavy atom. The summed E-state index contributed by atoms with van der Waals surface area (Å²) in [5.41, 5.74) is 0.497. The summed E-state index contributed by atoms with van der Waals surface area (Å²) >= 11 is 0. The van der Waals surface area contributed by atoms with Crippen molar-refractivity contribution in [2.45, 2.75) is 38.1 Å². The topological polar surface area (TPSA) is 65.5 Å². The number of hydrogen-bond donors (Lipinski definition) is 1. The maximum Gasteiger partial charge on any atom is 0.253 e. The van der Waals surface area contributed by atoms with Crippen LogP contribution in [0.4, 0.5) is 17.2 Å². The van der Waals surface area contributed by atoms with Crippen LogP contribution in [0.1, 0.15) is 32.1 Å². The van der Waals surface area contributed by atoms with Crippen molar-refractivity contribution in [2.75, 3.05) is 41.3 Å². The Labute approximate surface area is 147 Å². The lowest BCUT2D eigenvalue weighted by Gasteiger charge is -2.38. The van der Waals surface area contributed by atoms with Gasteiger partial charge in [-0.05, 0) is 25.0 Å². The van der Waals surface area contributed by atoms with Crippen molar-refractivity contribution in [2.24, 2.45) is 0 Å². The van der Waals surface area contributed by atoms with E-state index < -0.39 is 0 Å². The monoisotopic (exact) mass is 340 g/mol. The summed E-state index contributed by atoms with van der Waals surface area (Å²) in [5.74, 6) is 0.965. The summed E-state index contributed by atoms with van der Waals surface area (Å²) in [6, 6.07) is 6.23. The smallest absolute Gasteiger partial charge is 0.253 e. The molecule has 1 saturated carbocycles. The first-order valence-corrected chi connectivity index (χ1v) is 9.25. The fraction of sp³-hybridized carbons (Fsp3) is 0.526. The van der Waals surface area contributed by atoms with Gasteiger partial charge >= 0.3 is 0 Å². The molecule has 0 radical (unpaired) electrons. The van der Waals surface area contributed by atoms with E-state index in [2.05, 4.69) is 20.1 Å². The van der Waals surface area contributed by atoms with Crippen LogP contribution in [-0.4, -0.2) is 37.2 Å². The maximum absolute atomic E-state index is 12.1. The molecule has 1 aliphatic carbocycles. The molecule has 0 unspecified atom stereocenters. The van der Waals surface area contributed by atoms with Crippen LogP contribution in [0.2, 0.25) is 0 Å². The lowest BCUT2D eigenvalue weighted by Crippen LogP contribution is -2.52. The standard InChI is InChI=1S/C19H24N4O2/c24-18-16(21-14-6-2-1-3-7-14)17(19(18)25)23-12-10-22(11-13-23)15-8-4-5-9-20-15/h4-5,8-9,14,21H,1-3,6-7,10-13H2. The van der Waals surface area contributed by atoms with E-state index in [1.165, 1.54) is 19.3 Å². The molecule has 2 heterocycles. The van der Waals surface area contributed by atoms with Crippen molar-refractivity contribution >= 4 is 17.2 Å². The summed E-state index contributed by atoms with van der Waals surface area (Å²) < 4.78 is 0. The zero-order chi connectivity index (χ0) is 17.2. The zero-order valence-corrected chi connectivity index (χ0v) is 14.4. The van der Waals surface area contributed by atoms with E-state index in [9.17, 15) is 9.59 Å². The predicted molar refractivity (Wildman–Crippen MR) is 101 cm³/mol. The summed E-state index contributed by atoms with van der Waals surface area (Å²) in [6.07, 6.45) is 7.64. The van der Waals surface area contributed by atoms with E-state index in [1.54, 1.807) is 6.20 Å². The normalized spacial score (nSPS) is 19.4. The van der Waals surface area contributed by atoms with Crippen molar-refractivity contribution in [1.29, 1.82) is 0 Å². The van der Waals surface area contributed by atoms with Crippen LogP contribution in [0.15, 0.2) is 34.0 Å². The van der Waals surface area contributed by atoms with Gasteiger partial charge in [0.15, 0.2) is 0 Å². The summed E-state index contributed by atoms with van der Waals surface area (Å²) in [6.45, 7) is 3.08. The molecule has 25 heavy (non-hydrogen) atoms. The molecule has 0 atom stereocenters. The van der Waals surface area contributed by atoms with Gasteiger partial charge in [0.1, 0.15) is 17.2 Å². The van der Waals surface area contributed by atoms with Crippen LogP contribution in [0.3, 0.4) is 0 Å². The van der Waals surface area contributed by atoms with Crippen molar-refractivity contribution in [3.8, 4) is 0 Å². The van der Waals surface area contributed by atoms with Crippen molar-refractivity contribution in [1.82, 2.24) is 4.98 Å². The van der Waals surface area contributed by atoms with E-state index in [4.69, 9.17) is 0 Å². The van der Waals surface area contributed by atoms with Crippen LogP contribution in [-0.2, 0) is 0 Å². The first-order valence-electron chi connectivity index (χ1n) is 9.25. The first-order chi connectivity index (χ1) is 12.2. The van der Waals surface area contributed by atoms with Gasteiger partial charge in [-0.2, -0.15) is 0 Å². The number of anilines is 3. The number of hydrogen-bond acceptors (Lipinski definition) is 6. The van der Waals surface area contributed by atoms with Crippen molar-refractivity contribution < 1.29 is 0 Å². The molecule has 1 aromatic heterocycles. The molecule has 1 aromatic carbocycles. The minimum atomic E-state index is -0.340. The molecule has 4 rings (SSSR count). The van der Waals surface area contributed by atoms with E-state index in [1.807, 2.05) is 18.2 Å². The number of nitrogens with zero attached hydrogens (tertiary/aromatic N) is 3. The molecule has 0 bridgehead atoms. The molecule has 2 aliphatic rings. The quantitative estimate of drug-likeness (QED) is 0.856. The molecule has 2 aromatic rings. The Hall–Kier alpha value is -2.37. The molecule has 6 nitrogen and oxygen atoms in total. The van der Waals surface area contributed by atoms with Crippen LogP contribution < -0.4 is 26.0 Å². The maximum atomic E-state index is 12.1. The molecule has 1 aliphatic heterocycles. The Kier molecular flexibility index (Phi) is 4.42. The van der Waals surface area contributed by atoms with E-state index >= 15 is 0 Å². The van der Waals surface area contributed by atoms with Crippen LogP contribution in [0, 0.1) is 0 Å². The average Bonchev–Trinajstić information content (AvgIpc) is 2.69. The molecule has 0 amide bonds. The third-order valence-electron chi connectivity index (χ3n) is 5.41. The Morgan fingerprint density at radius 3 is 2.32 bits per heavy atom. The highest BCUT2D eigenvalue weighted by atomic mass is 16.2. The van der Waals surface area contributed by atoms with Gasteiger partial charge in [0.25, 0.3) is 10.9 Å². The van der Waals surface area contributed by atoms with Gasteiger partial charge in [0.05, 0.1) is 0 Å². The molecule has 132 valence electrons. The minimum Gasteiger partial charge on any atom is -0.377 e. The average molecular weight is 340 g/mol. The third kappa shape index (κ3) is 3.13. The Balaban J connectivity index is 1.44. The van der Waals surface area contributed by atoms with Gasteiger partial charge in [-0.15, -0.1) is 0 Å². The molecule has 6 heteroatoms. The SMILES string of the molecule is O=c1c(NC2CCCCC2)c(N2CCN(c3ccccn3)CC2)c1=O. The Bertz CT molecular complexity index is 783. The van der Waals surface area contributed by atoms with Gasteiger partial charge < -0.3 is 15.1 Å². The largest absolute Gasteiger partial charge is 0.377 e. The zero-order valence-electron chi connectivity index (χ0n) is 14.4. The van der Waals surface area contributed by atoms with Crippen molar-refractivity contribution in [3.05, 3.63) is 44.8 Å². The minimum absolute atomic E-state index is 0.329. The number of rotatable bonds is 4. The molecule has 1 saturated heterocycles. The summed E-state index contributed by atoms with van der Waals surface area (Å²) in [5, 5.41) is 3.37. The molecule has 2 fully saturated rings. The van der Waals surface area contributed by atoms with Crippen LogP contribution in [0.25, 0.3) is 0 Å². The second kappa shape index (κ2) is 6.86. The number of aromatic nitrogens is 1. The Morgan fingerprint density at radius 2 is 1.64 bits per heavy atom. The van der Waals surface area contributed by atoms with Crippen molar-refractivity contribution in [3.63, 3.8) is 0 Å². The molecular weight excluding hydrogens is 316 g/mol. The van der Waals surface area contributed by atoms with E-state index in [0.717, 1.165) is 44.8 Å². The van der Waals surface area contributed by atoms with Crippen LogP contribution in [0.5, 0.6) is 0 Å². The van der Waals surface area contributed by atoms with E-state index in [-0.39, 0.29) is 10.9 Å². The summed E-state index contributed by atoms with van der Waals surface area (Å²) in [4.78, 5) is 32.9. The van der Waals surface area contributed by atoms with Gasteiger partial charge in [0, 0.05) is 38.4 Å². The highest BCUT2D eigenvalue weighted by Gasteiger charge is 2.30. The van der Waals surface area contributed by atoms with Gasteiger partial charge in [0.2, 0.25) is 0 Å². The number of pyridine rings is 1. The fourth-order valence-electron chi connectivity index (χ4n) is 3.97.